The van der Waals surface area contributed by atoms with Crippen LogP contribution >= 0.6 is 0 Å². The smallest absolute Gasteiger partial charge is 0.293 e. The number of aliphatic hydroxyl groups is 1. The quantitative estimate of drug-likeness (QED) is 0.750. The van der Waals surface area contributed by atoms with E-state index >= 15 is 0 Å². The Labute approximate surface area is 97.2 Å². The molecule has 1 N–H and O–H groups in total. The van der Waals surface area contributed by atoms with Crippen molar-refractivity contribution in [3.8, 4) is 0 Å². The first kappa shape index (κ1) is 11.9. The Hall–Kier alpha value is -0.570. The van der Waals surface area contributed by atoms with Gasteiger partial charge in [-0.1, -0.05) is 13.3 Å². The van der Waals surface area contributed by atoms with E-state index in [2.05, 4.69) is 6.92 Å². The van der Waals surface area contributed by atoms with Gasteiger partial charge in [0.2, 0.25) is 0 Å². The highest BCUT2D eigenvalue weighted by molar-refractivity contribution is 5.37. The molecule has 5 atom stereocenters. The molecule has 0 unspecified atom stereocenters. The third kappa shape index (κ3) is 1.75. The van der Waals surface area contributed by atoms with Crippen molar-refractivity contribution in [3.05, 3.63) is 0 Å². The van der Waals surface area contributed by atoms with Crippen LogP contribution in [0.4, 0.5) is 0 Å². The van der Waals surface area contributed by atoms with Gasteiger partial charge in [-0.25, -0.2) is 0 Å². The first-order valence-electron chi connectivity index (χ1n) is 6.36. The molecule has 0 aromatic carbocycles. The molecule has 0 aromatic rings. The highest BCUT2D eigenvalue weighted by Crippen LogP contribution is 2.56. The van der Waals surface area contributed by atoms with Crippen LogP contribution in [0.3, 0.4) is 0 Å². The molecule has 16 heavy (non-hydrogen) atoms. The molecule has 0 spiro atoms. The maximum Gasteiger partial charge on any atom is 0.293 e. The molecule has 0 aliphatic heterocycles. The minimum atomic E-state index is -0.146. The molecule has 2 aliphatic rings. The van der Waals surface area contributed by atoms with Gasteiger partial charge in [0.25, 0.3) is 6.47 Å². The van der Waals surface area contributed by atoms with Crippen molar-refractivity contribution in [1.82, 2.24) is 0 Å². The molecule has 92 valence electrons. The van der Waals surface area contributed by atoms with Crippen LogP contribution in [-0.2, 0) is 9.53 Å². The average Bonchev–Trinajstić information content (AvgIpc) is 2.57. The van der Waals surface area contributed by atoms with Crippen LogP contribution in [0, 0.1) is 17.3 Å². The van der Waals surface area contributed by atoms with Gasteiger partial charge in [-0.3, -0.25) is 4.79 Å². The number of carbonyl (C=O) groups is 1. The van der Waals surface area contributed by atoms with E-state index in [1.165, 1.54) is 0 Å². The summed E-state index contributed by atoms with van der Waals surface area (Å²) in [7, 11) is 0. The monoisotopic (exact) mass is 226 g/mol. The van der Waals surface area contributed by atoms with Crippen molar-refractivity contribution in [2.45, 2.75) is 58.2 Å². The minimum absolute atomic E-state index is 0.0159. The topological polar surface area (TPSA) is 46.5 Å². The predicted molar refractivity (Wildman–Crippen MR) is 60.8 cm³/mol. The Kier molecular flexibility index (Phi) is 3.24. The van der Waals surface area contributed by atoms with E-state index in [1.54, 1.807) is 0 Å². The number of ether oxygens (including phenoxy) is 1. The van der Waals surface area contributed by atoms with E-state index in [0.717, 1.165) is 32.1 Å². The van der Waals surface area contributed by atoms with E-state index < -0.39 is 0 Å². The fourth-order valence-corrected chi connectivity index (χ4v) is 4.14. The summed E-state index contributed by atoms with van der Waals surface area (Å²) in [5.74, 6) is 0.821. The lowest BCUT2D eigenvalue weighted by atomic mass is 9.63. The van der Waals surface area contributed by atoms with E-state index in [0.29, 0.717) is 18.3 Å². The lowest BCUT2D eigenvalue weighted by Gasteiger charge is -2.44. The molecular weight excluding hydrogens is 204 g/mol. The molecule has 2 rings (SSSR count). The zero-order chi connectivity index (χ0) is 11.8. The first-order chi connectivity index (χ1) is 7.59. The van der Waals surface area contributed by atoms with Crippen LogP contribution in [0.1, 0.15) is 46.0 Å². The van der Waals surface area contributed by atoms with E-state index in [-0.39, 0.29) is 17.6 Å². The number of rotatable bonds is 3. The molecule has 0 aromatic heterocycles. The lowest BCUT2D eigenvalue weighted by Crippen LogP contribution is -2.43. The van der Waals surface area contributed by atoms with Crippen molar-refractivity contribution < 1.29 is 14.6 Å². The summed E-state index contributed by atoms with van der Waals surface area (Å²) in [4.78, 5) is 10.4. The molecule has 2 aliphatic carbocycles. The number of fused-ring (bicyclic) bond motifs is 1. The largest absolute Gasteiger partial charge is 0.465 e. The molecule has 2 fully saturated rings. The zero-order valence-corrected chi connectivity index (χ0v) is 10.2. The van der Waals surface area contributed by atoms with Crippen molar-refractivity contribution in [3.63, 3.8) is 0 Å². The van der Waals surface area contributed by atoms with Gasteiger partial charge in [0.1, 0.15) is 6.10 Å². The Morgan fingerprint density at radius 3 is 2.88 bits per heavy atom. The maximum absolute atomic E-state index is 10.4. The van der Waals surface area contributed by atoms with Crippen molar-refractivity contribution in [1.29, 1.82) is 0 Å². The Balaban J connectivity index is 2.14. The van der Waals surface area contributed by atoms with Gasteiger partial charge in [-0.05, 0) is 43.9 Å². The maximum atomic E-state index is 10.4. The van der Waals surface area contributed by atoms with Gasteiger partial charge in [0, 0.05) is 5.92 Å². The Morgan fingerprint density at radius 2 is 2.19 bits per heavy atom. The highest BCUT2D eigenvalue weighted by Gasteiger charge is 2.52. The minimum Gasteiger partial charge on any atom is -0.465 e. The standard InChI is InChI=1S/C13H22O3/c1-9(16-8-14)10-5-6-11-12(15)4-3-7-13(10,11)2/h8-12,15H,3-7H2,1-2H3/t9-,10+,11-,12-,13+/m0/s1. The van der Waals surface area contributed by atoms with E-state index in [9.17, 15) is 9.90 Å². The van der Waals surface area contributed by atoms with Crippen LogP contribution in [0.25, 0.3) is 0 Å². The summed E-state index contributed by atoms with van der Waals surface area (Å²) in [6.07, 6.45) is 5.19. The van der Waals surface area contributed by atoms with Crippen LogP contribution in [0.5, 0.6) is 0 Å². The van der Waals surface area contributed by atoms with E-state index in [1.807, 2.05) is 6.92 Å². The molecule has 3 heteroatoms. The summed E-state index contributed by atoms with van der Waals surface area (Å²) in [6.45, 7) is 4.80. The summed E-state index contributed by atoms with van der Waals surface area (Å²) >= 11 is 0. The summed E-state index contributed by atoms with van der Waals surface area (Å²) in [6, 6.07) is 0. The van der Waals surface area contributed by atoms with Crippen LogP contribution in [0.2, 0.25) is 0 Å². The average molecular weight is 226 g/mol. The van der Waals surface area contributed by atoms with Crippen LogP contribution in [-0.4, -0.2) is 23.8 Å². The molecule has 0 amide bonds. The second-order valence-electron chi connectivity index (χ2n) is 5.69. The first-order valence-corrected chi connectivity index (χ1v) is 6.36. The number of hydrogen-bond donors (Lipinski definition) is 1. The van der Waals surface area contributed by atoms with Crippen molar-refractivity contribution >= 4 is 6.47 Å². The number of carbonyl (C=O) groups excluding carboxylic acids is 1. The third-order valence-corrected chi connectivity index (χ3v) is 5.00. The third-order valence-electron chi connectivity index (χ3n) is 5.00. The molecule has 0 bridgehead atoms. The fourth-order valence-electron chi connectivity index (χ4n) is 4.14. The Morgan fingerprint density at radius 1 is 1.44 bits per heavy atom. The second kappa shape index (κ2) is 4.36. The number of aliphatic hydroxyl groups excluding tert-OH is 1. The predicted octanol–water partition coefficient (Wildman–Crippen LogP) is 2.13. The number of hydrogen-bond acceptors (Lipinski definition) is 3. The lowest BCUT2D eigenvalue weighted by molar-refractivity contribution is -0.138. The fraction of sp³-hybridized carbons (Fsp3) is 0.923. The molecule has 3 nitrogen and oxygen atoms in total. The summed E-state index contributed by atoms with van der Waals surface area (Å²) in [5, 5.41) is 10.1. The van der Waals surface area contributed by atoms with Crippen molar-refractivity contribution in [2.24, 2.45) is 17.3 Å². The van der Waals surface area contributed by atoms with Gasteiger partial charge in [-0.2, -0.15) is 0 Å². The van der Waals surface area contributed by atoms with Gasteiger partial charge in [-0.15, -0.1) is 0 Å². The van der Waals surface area contributed by atoms with Crippen LogP contribution in [0.15, 0.2) is 0 Å². The Bertz CT molecular complexity index is 266. The SMILES string of the molecule is C[C@H](OC=O)[C@H]1CC[C@H]2[C@@H](O)CCC[C@]12C. The van der Waals surface area contributed by atoms with Gasteiger partial charge in [0.15, 0.2) is 0 Å². The molecule has 2 saturated carbocycles. The van der Waals surface area contributed by atoms with E-state index in [4.69, 9.17) is 4.74 Å². The van der Waals surface area contributed by atoms with Gasteiger partial charge >= 0.3 is 0 Å². The molecule has 0 radical (unpaired) electrons. The molecule has 0 heterocycles. The second-order valence-corrected chi connectivity index (χ2v) is 5.69. The molecular formula is C13H22O3. The van der Waals surface area contributed by atoms with Crippen LogP contribution < -0.4 is 0 Å². The van der Waals surface area contributed by atoms with Crippen molar-refractivity contribution in [2.75, 3.05) is 0 Å². The summed E-state index contributed by atoms with van der Waals surface area (Å²) in [5.41, 5.74) is 0.167. The normalized spacial score (nSPS) is 44.8. The zero-order valence-electron chi connectivity index (χ0n) is 10.2. The summed E-state index contributed by atoms with van der Waals surface area (Å²) < 4.78 is 5.11. The van der Waals surface area contributed by atoms with Gasteiger partial charge < -0.3 is 9.84 Å². The van der Waals surface area contributed by atoms with Gasteiger partial charge in [0.05, 0.1) is 6.10 Å². The highest BCUT2D eigenvalue weighted by atomic mass is 16.5. The molecule has 0 saturated heterocycles.